The standard InChI is InChI=1S/C11H15Br2NO3S/c1-7(2)10(15)6-14-18(16,17)11-4-3-8(12)5-9(11)13/h3-5,7,10,14-15H,6H2,1-2H3. The molecule has 18 heavy (non-hydrogen) atoms. The number of halogens is 2. The number of aliphatic hydroxyl groups excluding tert-OH is 1. The van der Waals surface area contributed by atoms with Crippen LogP contribution in [0.3, 0.4) is 0 Å². The summed E-state index contributed by atoms with van der Waals surface area (Å²) in [4.78, 5) is 0.154. The molecule has 0 spiro atoms. The lowest BCUT2D eigenvalue weighted by atomic mass is 10.1. The number of sulfonamides is 1. The molecule has 1 rings (SSSR count). The SMILES string of the molecule is CC(C)C(O)CNS(=O)(=O)c1ccc(Br)cc1Br. The van der Waals surface area contributed by atoms with Gasteiger partial charge in [-0.3, -0.25) is 0 Å². The number of hydrogen-bond acceptors (Lipinski definition) is 3. The Morgan fingerprint density at radius 1 is 1.33 bits per heavy atom. The number of nitrogens with one attached hydrogen (secondary N) is 1. The van der Waals surface area contributed by atoms with Gasteiger partial charge in [0, 0.05) is 15.5 Å². The van der Waals surface area contributed by atoms with E-state index in [1.807, 2.05) is 13.8 Å². The van der Waals surface area contributed by atoms with Crippen LogP contribution in [-0.4, -0.2) is 26.2 Å². The topological polar surface area (TPSA) is 66.4 Å². The Morgan fingerprint density at radius 2 is 1.94 bits per heavy atom. The average Bonchev–Trinajstić information content (AvgIpc) is 2.25. The second kappa shape index (κ2) is 6.47. The first kappa shape index (κ1) is 16.1. The van der Waals surface area contributed by atoms with E-state index in [-0.39, 0.29) is 17.4 Å². The van der Waals surface area contributed by atoms with E-state index >= 15 is 0 Å². The van der Waals surface area contributed by atoms with E-state index in [1.54, 1.807) is 12.1 Å². The molecule has 7 heteroatoms. The third-order valence-corrected chi connectivity index (χ3v) is 5.33. The molecular formula is C11H15Br2NO3S. The molecule has 0 saturated carbocycles. The van der Waals surface area contributed by atoms with Gasteiger partial charge in [-0.1, -0.05) is 29.8 Å². The van der Waals surface area contributed by atoms with Crippen LogP contribution < -0.4 is 4.72 Å². The van der Waals surface area contributed by atoms with Gasteiger partial charge in [0.2, 0.25) is 10.0 Å². The predicted octanol–water partition coefficient (Wildman–Crippen LogP) is 2.51. The first-order valence-electron chi connectivity index (χ1n) is 5.37. The quantitative estimate of drug-likeness (QED) is 0.797. The maximum Gasteiger partial charge on any atom is 0.241 e. The van der Waals surface area contributed by atoms with Crippen molar-refractivity contribution in [2.45, 2.75) is 24.8 Å². The highest BCUT2D eigenvalue weighted by Gasteiger charge is 2.19. The van der Waals surface area contributed by atoms with Crippen molar-refractivity contribution in [3.63, 3.8) is 0 Å². The summed E-state index contributed by atoms with van der Waals surface area (Å²) in [5.41, 5.74) is 0. The van der Waals surface area contributed by atoms with E-state index in [1.165, 1.54) is 6.07 Å². The Kier molecular flexibility index (Phi) is 5.79. The van der Waals surface area contributed by atoms with E-state index in [2.05, 4.69) is 36.6 Å². The summed E-state index contributed by atoms with van der Waals surface area (Å²) in [6, 6.07) is 4.81. The molecule has 102 valence electrons. The summed E-state index contributed by atoms with van der Waals surface area (Å²) in [6.45, 7) is 3.66. The zero-order valence-electron chi connectivity index (χ0n) is 10.0. The molecule has 0 saturated heterocycles. The Labute approximate surface area is 124 Å². The Hall–Kier alpha value is 0.0500. The summed E-state index contributed by atoms with van der Waals surface area (Å²) >= 11 is 6.47. The zero-order valence-corrected chi connectivity index (χ0v) is 14.0. The maximum atomic E-state index is 12.0. The zero-order chi connectivity index (χ0) is 13.9. The lowest BCUT2D eigenvalue weighted by Gasteiger charge is -2.15. The normalized spacial score (nSPS) is 13.9. The minimum Gasteiger partial charge on any atom is -0.391 e. The van der Waals surface area contributed by atoms with Crippen molar-refractivity contribution in [3.05, 3.63) is 27.1 Å². The third kappa shape index (κ3) is 4.31. The number of hydrogen-bond donors (Lipinski definition) is 2. The van der Waals surface area contributed by atoms with Gasteiger partial charge in [-0.05, 0) is 40.0 Å². The van der Waals surface area contributed by atoms with Crippen molar-refractivity contribution in [1.29, 1.82) is 0 Å². The molecule has 0 amide bonds. The van der Waals surface area contributed by atoms with E-state index in [0.717, 1.165) is 4.47 Å². The lowest BCUT2D eigenvalue weighted by Crippen LogP contribution is -2.34. The third-order valence-electron chi connectivity index (χ3n) is 2.44. The number of aliphatic hydroxyl groups is 1. The molecule has 1 aromatic carbocycles. The summed E-state index contributed by atoms with van der Waals surface area (Å²) in [7, 11) is -3.61. The molecule has 0 aromatic heterocycles. The van der Waals surface area contributed by atoms with Crippen molar-refractivity contribution in [3.8, 4) is 0 Å². The summed E-state index contributed by atoms with van der Waals surface area (Å²) in [6.07, 6.45) is -0.700. The Balaban J connectivity index is 2.87. The van der Waals surface area contributed by atoms with Gasteiger partial charge < -0.3 is 5.11 Å². The number of rotatable bonds is 5. The first-order valence-corrected chi connectivity index (χ1v) is 8.43. The van der Waals surface area contributed by atoms with Crippen LogP contribution in [0.2, 0.25) is 0 Å². The summed E-state index contributed by atoms with van der Waals surface area (Å²) in [5, 5.41) is 9.60. The van der Waals surface area contributed by atoms with Gasteiger partial charge in [0.05, 0.1) is 11.0 Å². The lowest BCUT2D eigenvalue weighted by molar-refractivity contribution is 0.129. The van der Waals surface area contributed by atoms with Gasteiger partial charge in [0.25, 0.3) is 0 Å². The van der Waals surface area contributed by atoms with Crippen molar-refractivity contribution in [1.82, 2.24) is 4.72 Å². The highest BCUT2D eigenvalue weighted by Crippen LogP contribution is 2.25. The molecule has 1 atom stereocenters. The fourth-order valence-corrected chi connectivity index (χ4v) is 4.00. The largest absolute Gasteiger partial charge is 0.391 e. The molecule has 0 heterocycles. The van der Waals surface area contributed by atoms with Gasteiger partial charge in [-0.2, -0.15) is 0 Å². The van der Waals surface area contributed by atoms with Crippen molar-refractivity contribution in [2.75, 3.05) is 6.54 Å². The van der Waals surface area contributed by atoms with Gasteiger partial charge in [-0.25, -0.2) is 13.1 Å². The molecule has 1 aromatic rings. The van der Waals surface area contributed by atoms with Crippen LogP contribution in [0, 0.1) is 5.92 Å². The highest BCUT2D eigenvalue weighted by molar-refractivity contribution is 9.11. The molecular weight excluding hydrogens is 386 g/mol. The Morgan fingerprint density at radius 3 is 2.44 bits per heavy atom. The van der Waals surface area contributed by atoms with E-state index in [4.69, 9.17) is 0 Å². The van der Waals surface area contributed by atoms with Gasteiger partial charge >= 0.3 is 0 Å². The van der Waals surface area contributed by atoms with Crippen molar-refractivity contribution < 1.29 is 13.5 Å². The molecule has 0 aliphatic heterocycles. The predicted molar refractivity (Wildman–Crippen MR) is 77.9 cm³/mol. The monoisotopic (exact) mass is 399 g/mol. The van der Waals surface area contributed by atoms with Crippen LogP contribution in [0.5, 0.6) is 0 Å². The fourth-order valence-electron chi connectivity index (χ4n) is 1.20. The first-order chi connectivity index (χ1) is 8.24. The highest BCUT2D eigenvalue weighted by atomic mass is 79.9. The van der Waals surface area contributed by atoms with Gasteiger partial charge in [-0.15, -0.1) is 0 Å². The summed E-state index contributed by atoms with van der Waals surface area (Å²) < 4.78 is 27.7. The average molecular weight is 401 g/mol. The minimum atomic E-state index is -3.61. The molecule has 0 aliphatic rings. The van der Waals surface area contributed by atoms with Gasteiger partial charge in [0.1, 0.15) is 0 Å². The number of benzene rings is 1. The van der Waals surface area contributed by atoms with Crippen LogP contribution in [0.4, 0.5) is 0 Å². The van der Waals surface area contributed by atoms with Gasteiger partial charge in [0.15, 0.2) is 0 Å². The second-order valence-corrected chi connectivity index (χ2v) is 7.74. The van der Waals surface area contributed by atoms with Crippen LogP contribution in [0.25, 0.3) is 0 Å². The summed E-state index contributed by atoms with van der Waals surface area (Å²) in [5.74, 6) is 0.000980. The van der Waals surface area contributed by atoms with E-state index in [0.29, 0.717) is 4.47 Å². The molecule has 4 nitrogen and oxygen atoms in total. The van der Waals surface area contributed by atoms with E-state index < -0.39 is 16.1 Å². The molecule has 0 fully saturated rings. The van der Waals surface area contributed by atoms with Crippen LogP contribution >= 0.6 is 31.9 Å². The molecule has 0 radical (unpaired) electrons. The fraction of sp³-hybridized carbons (Fsp3) is 0.455. The molecule has 0 bridgehead atoms. The minimum absolute atomic E-state index is 0.000980. The smallest absolute Gasteiger partial charge is 0.241 e. The molecule has 2 N–H and O–H groups in total. The van der Waals surface area contributed by atoms with Crippen LogP contribution in [0.1, 0.15) is 13.8 Å². The maximum absolute atomic E-state index is 12.0. The van der Waals surface area contributed by atoms with Crippen molar-refractivity contribution in [2.24, 2.45) is 5.92 Å². The Bertz CT molecular complexity index is 517. The molecule has 1 unspecified atom stereocenters. The van der Waals surface area contributed by atoms with Crippen LogP contribution in [0.15, 0.2) is 32.0 Å². The molecule has 0 aliphatic carbocycles. The second-order valence-electron chi connectivity index (χ2n) is 4.24. The van der Waals surface area contributed by atoms with Crippen LogP contribution in [-0.2, 0) is 10.0 Å². The van der Waals surface area contributed by atoms with Crippen molar-refractivity contribution >= 4 is 41.9 Å². The van der Waals surface area contributed by atoms with E-state index in [9.17, 15) is 13.5 Å².